The minimum absolute atomic E-state index is 0.426. The van der Waals surface area contributed by atoms with Gasteiger partial charge in [-0.1, -0.05) is 6.08 Å². The van der Waals surface area contributed by atoms with E-state index in [1.807, 2.05) is 6.07 Å². The number of hydrogen-bond donors (Lipinski definition) is 1. The molecule has 0 fully saturated rings. The Balaban J connectivity index is 2.57. The zero-order chi connectivity index (χ0) is 10.1. The molecule has 70 valence electrons. The molecule has 0 atom stereocenters. The summed E-state index contributed by atoms with van der Waals surface area (Å²) in [5.74, 6) is -0.875. The van der Waals surface area contributed by atoms with Gasteiger partial charge in [-0.3, -0.25) is 9.59 Å². The van der Waals surface area contributed by atoms with Gasteiger partial charge in [0.15, 0.2) is 0 Å². The molecule has 0 aromatic heterocycles. The van der Waals surface area contributed by atoms with Gasteiger partial charge in [0.2, 0.25) is 11.6 Å². The number of ketones is 2. The van der Waals surface area contributed by atoms with Gasteiger partial charge in [0.05, 0.1) is 0 Å². The molecule has 3 heteroatoms. The first-order chi connectivity index (χ1) is 6.72. The highest BCUT2D eigenvalue weighted by Crippen LogP contribution is 2.21. The molecule has 0 spiro atoms. The average Bonchev–Trinajstić information content (AvgIpc) is 2.23. The summed E-state index contributed by atoms with van der Waals surface area (Å²) in [6.07, 6.45) is 2.98. The van der Waals surface area contributed by atoms with Crippen molar-refractivity contribution >= 4 is 23.3 Å². The smallest absolute Gasteiger partial charge is 0.233 e. The van der Waals surface area contributed by atoms with Gasteiger partial charge in [-0.15, -0.1) is 0 Å². The first-order valence-electron chi connectivity index (χ1n) is 4.31. The summed E-state index contributed by atoms with van der Waals surface area (Å²) in [4.78, 5) is 22.5. The normalized spacial score (nSPS) is 14.1. The van der Waals surface area contributed by atoms with E-state index >= 15 is 0 Å². The van der Waals surface area contributed by atoms with Gasteiger partial charge in [0.25, 0.3) is 0 Å². The van der Waals surface area contributed by atoms with E-state index in [0.29, 0.717) is 5.56 Å². The van der Waals surface area contributed by atoms with Crippen LogP contribution < -0.4 is 5.32 Å². The van der Waals surface area contributed by atoms with Gasteiger partial charge in [0, 0.05) is 18.3 Å². The van der Waals surface area contributed by atoms with E-state index in [-0.39, 0.29) is 0 Å². The lowest BCUT2D eigenvalue weighted by atomic mass is 9.95. The molecule has 0 amide bonds. The van der Waals surface area contributed by atoms with Gasteiger partial charge in [0.1, 0.15) is 0 Å². The molecule has 0 radical (unpaired) electrons. The summed E-state index contributed by atoms with van der Waals surface area (Å²) in [5.41, 5.74) is 2.20. The van der Waals surface area contributed by atoms with Crippen LogP contribution in [0, 0.1) is 0 Å². The van der Waals surface area contributed by atoms with Crippen LogP contribution in [0.4, 0.5) is 5.69 Å². The third-order valence-electron chi connectivity index (χ3n) is 2.22. The fourth-order valence-corrected chi connectivity index (χ4v) is 1.44. The molecule has 3 nitrogen and oxygen atoms in total. The third-order valence-corrected chi connectivity index (χ3v) is 2.22. The number of Topliss-reactive ketones (excluding diaryl/α,β-unsaturated/α-hetero) is 1. The minimum atomic E-state index is -0.449. The van der Waals surface area contributed by atoms with Gasteiger partial charge in [-0.05, 0) is 29.8 Å². The van der Waals surface area contributed by atoms with Crippen LogP contribution >= 0.6 is 0 Å². The number of carbonyl (C=O) groups excluding carboxylic acids is 2. The maximum atomic E-state index is 11.4. The van der Waals surface area contributed by atoms with Crippen LogP contribution in [0.3, 0.4) is 0 Å². The largest absolute Gasteiger partial charge is 0.388 e. The van der Waals surface area contributed by atoms with Crippen molar-refractivity contribution in [3.8, 4) is 0 Å². The Kier molecular flexibility index (Phi) is 1.93. The van der Waals surface area contributed by atoms with Crippen LogP contribution in [0.25, 0.3) is 6.08 Å². The second-order valence-corrected chi connectivity index (χ2v) is 3.08. The number of carbonyl (C=O) groups is 2. The van der Waals surface area contributed by atoms with Crippen LogP contribution in [0.2, 0.25) is 0 Å². The molecule has 1 aromatic rings. The molecular weight excluding hydrogens is 178 g/mol. The summed E-state index contributed by atoms with van der Waals surface area (Å²) < 4.78 is 0. The van der Waals surface area contributed by atoms with Gasteiger partial charge in [-0.25, -0.2) is 0 Å². The van der Waals surface area contributed by atoms with Crippen molar-refractivity contribution in [2.75, 3.05) is 12.4 Å². The van der Waals surface area contributed by atoms with E-state index in [1.165, 1.54) is 6.08 Å². The van der Waals surface area contributed by atoms with Crippen molar-refractivity contribution in [3.05, 3.63) is 35.4 Å². The molecule has 1 aliphatic rings. The molecule has 0 bridgehead atoms. The SMILES string of the molecule is CNc1ccc2c(c1)C=CC(=O)C2=O. The number of rotatable bonds is 1. The minimum Gasteiger partial charge on any atom is -0.388 e. The van der Waals surface area contributed by atoms with Crippen molar-refractivity contribution < 1.29 is 9.59 Å². The molecule has 0 saturated carbocycles. The van der Waals surface area contributed by atoms with Crippen LogP contribution in [0.5, 0.6) is 0 Å². The van der Waals surface area contributed by atoms with E-state index in [4.69, 9.17) is 0 Å². The lowest BCUT2D eigenvalue weighted by Gasteiger charge is -2.09. The van der Waals surface area contributed by atoms with Crippen LogP contribution in [0.15, 0.2) is 24.3 Å². The Labute approximate surface area is 81.4 Å². The molecule has 0 saturated heterocycles. The standard InChI is InChI=1S/C11H9NO2/c1-12-8-3-4-9-7(6-8)2-5-10(13)11(9)14/h2-6,12H,1H3. The van der Waals surface area contributed by atoms with E-state index in [9.17, 15) is 9.59 Å². The van der Waals surface area contributed by atoms with Crippen LogP contribution in [0.1, 0.15) is 15.9 Å². The van der Waals surface area contributed by atoms with E-state index in [0.717, 1.165) is 11.3 Å². The molecule has 14 heavy (non-hydrogen) atoms. The predicted molar refractivity (Wildman–Crippen MR) is 54.4 cm³/mol. The second-order valence-electron chi connectivity index (χ2n) is 3.08. The number of fused-ring (bicyclic) bond motifs is 1. The fraction of sp³-hybridized carbons (Fsp3) is 0.0909. The highest BCUT2D eigenvalue weighted by atomic mass is 16.2. The van der Waals surface area contributed by atoms with Gasteiger partial charge in [-0.2, -0.15) is 0 Å². The lowest BCUT2D eigenvalue weighted by molar-refractivity contribution is -0.110. The molecule has 0 unspecified atom stereocenters. The van der Waals surface area contributed by atoms with Crippen molar-refractivity contribution in [1.82, 2.24) is 0 Å². The first-order valence-corrected chi connectivity index (χ1v) is 4.31. The van der Waals surface area contributed by atoms with E-state index in [2.05, 4.69) is 5.32 Å². The van der Waals surface area contributed by atoms with Crippen molar-refractivity contribution in [1.29, 1.82) is 0 Å². The summed E-state index contributed by atoms with van der Waals surface area (Å²) >= 11 is 0. The molecular formula is C11H9NO2. The molecule has 0 aliphatic heterocycles. The Bertz CT molecular complexity index is 447. The zero-order valence-electron chi connectivity index (χ0n) is 7.70. The van der Waals surface area contributed by atoms with Gasteiger partial charge >= 0.3 is 0 Å². The topological polar surface area (TPSA) is 46.2 Å². The van der Waals surface area contributed by atoms with Crippen molar-refractivity contribution in [2.24, 2.45) is 0 Å². The number of hydrogen-bond acceptors (Lipinski definition) is 3. The van der Waals surface area contributed by atoms with Crippen LogP contribution in [-0.4, -0.2) is 18.6 Å². The average molecular weight is 187 g/mol. The van der Waals surface area contributed by atoms with Crippen LogP contribution in [-0.2, 0) is 4.79 Å². The highest BCUT2D eigenvalue weighted by molar-refractivity contribution is 6.50. The van der Waals surface area contributed by atoms with Crippen molar-refractivity contribution in [2.45, 2.75) is 0 Å². The quantitative estimate of drug-likeness (QED) is 0.678. The lowest BCUT2D eigenvalue weighted by Crippen LogP contribution is -2.16. The fourth-order valence-electron chi connectivity index (χ4n) is 1.44. The van der Waals surface area contributed by atoms with E-state index < -0.39 is 11.6 Å². The third kappa shape index (κ3) is 1.23. The zero-order valence-corrected chi connectivity index (χ0v) is 7.70. The summed E-state index contributed by atoms with van der Waals surface area (Å²) in [6.45, 7) is 0. The molecule has 2 rings (SSSR count). The maximum Gasteiger partial charge on any atom is 0.233 e. The van der Waals surface area contributed by atoms with Gasteiger partial charge < -0.3 is 5.32 Å². The monoisotopic (exact) mass is 187 g/mol. The predicted octanol–water partition coefficient (Wildman–Crippen LogP) is 1.51. The first kappa shape index (κ1) is 8.69. The Morgan fingerprint density at radius 2 is 1.93 bits per heavy atom. The van der Waals surface area contributed by atoms with Crippen molar-refractivity contribution in [3.63, 3.8) is 0 Å². The Morgan fingerprint density at radius 1 is 1.14 bits per heavy atom. The summed E-state index contributed by atoms with van der Waals surface area (Å²) in [5, 5.41) is 2.97. The highest BCUT2D eigenvalue weighted by Gasteiger charge is 2.20. The maximum absolute atomic E-state index is 11.4. The number of nitrogens with one attached hydrogen (secondary N) is 1. The summed E-state index contributed by atoms with van der Waals surface area (Å²) in [7, 11) is 1.81. The number of anilines is 1. The second kappa shape index (κ2) is 3.10. The van der Waals surface area contributed by atoms with E-state index in [1.54, 1.807) is 25.3 Å². The molecule has 1 aliphatic carbocycles. The molecule has 1 aromatic carbocycles. The molecule has 1 N–H and O–H groups in total. The Morgan fingerprint density at radius 3 is 2.64 bits per heavy atom. The number of benzene rings is 1. The Hall–Kier alpha value is -1.90. The summed E-state index contributed by atoms with van der Waals surface area (Å²) in [6, 6.07) is 5.30. The number of allylic oxidation sites excluding steroid dienone is 1. The molecule has 0 heterocycles.